The molecular weight excluding hydrogens is 549 g/mol. The molecule has 0 bridgehead atoms. The average Bonchev–Trinajstić information content (AvgIpc) is 3.47. The summed E-state index contributed by atoms with van der Waals surface area (Å²) in [6.45, 7) is 1.93. The molecule has 0 N–H and O–H groups in total. The first-order chi connectivity index (χ1) is 20.8. The Labute approximate surface area is 241 Å². The molecule has 7 aromatic rings. The Morgan fingerprint density at radius 1 is 0.558 bits per heavy atom. The predicted molar refractivity (Wildman–Crippen MR) is 157 cm³/mol. The van der Waals surface area contributed by atoms with Crippen LogP contribution in [0.15, 0.2) is 95.2 Å². The standard InChI is InChI=1S/C34H17F3N6/c1-18-2-3-21(14-40-18)19-4-7-23-25-12-30-26(13-29(25)32(42-16-38)27(23)10-19)24-8-5-20(11-28(24)33(30)43-17-39)22-6-9-31(41-15-22)34(35,36)37/h2-15H,1H3/b42-32+,43-33+. The number of alkyl halides is 3. The molecule has 6 nitrogen and oxygen atoms in total. The van der Waals surface area contributed by atoms with E-state index in [0.29, 0.717) is 27.2 Å². The Balaban J connectivity index is 1.48. The molecule has 0 fully saturated rings. The third-order valence-electron chi connectivity index (χ3n) is 7.75. The van der Waals surface area contributed by atoms with E-state index in [4.69, 9.17) is 0 Å². The molecular formula is C34H17F3N6. The first kappa shape index (κ1) is 26.0. The van der Waals surface area contributed by atoms with Gasteiger partial charge in [-0.1, -0.05) is 36.4 Å². The molecule has 0 amide bonds. The molecule has 0 atom stereocenters. The van der Waals surface area contributed by atoms with Gasteiger partial charge in [0.2, 0.25) is 12.4 Å². The Kier molecular flexibility index (Phi) is 5.79. The maximum absolute atomic E-state index is 13.0. The van der Waals surface area contributed by atoms with Crippen LogP contribution >= 0.6 is 0 Å². The van der Waals surface area contributed by atoms with Crippen molar-refractivity contribution in [1.82, 2.24) is 9.97 Å². The van der Waals surface area contributed by atoms with Crippen LogP contribution in [0.2, 0.25) is 0 Å². The fourth-order valence-corrected chi connectivity index (χ4v) is 5.75. The van der Waals surface area contributed by atoms with Crippen LogP contribution in [0.3, 0.4) is 0 Å². The number of hydrogen-bond donors (Lipinski definition) is 0. The Morgan fingerprint density at radius 2 is 1.02 bits per heavy atom. The Bertz CT molecular complexity index is 2450. The minimum atomic E-state index is -4.53. The summed E-state index contributed by atoms with van der Waals surface area (Å²) in [5, 5.41) is 26.6. The highest BCUT2D eigenvalue weighted by atomic mass is 19.4. The highest BCUT2D eigenvalue weighted by molar-refractivity contribution is 6.21. The first-order valence-electron chi connectivity index (χ1n) is 13.2. The number of nitriles is 2. The second-order valence-corrected chi connectivity index (χ2v) is 10.2. The number of rotatable bonds is 2. The smallest absolute Gasteiger partial charge is 0.261 e. The highest BCUT2D eigenvalue weighted by Gasteiger charge is 2.32. The van der Waals surface area contributed by atoms with Gasteiger partial charge in [0, 0.05) is 50.8 Å². The van der Waals surface area contributed by atoms with Crippen LogP contribution in [0.1, 0.15) is 11.4 Å². The van der Waals surface area contributed by atoms with Crippen molar-refractivity contribution in [3.63, 3.8) is 0 Å². The van der Waals surface area contributed by atoms with E-state index >= 15 is 0 Å². The Hall–Kier alpha value is -5.93. The van der Waals surface area contributed by atoms with Crippen molar-refractivity contribution >= 4 is 43.1 Å². The second-order valence-electron chi connectivity index (χ2n) is 10.2. The average molecular weight is 567 g/mol. The van der Waals surface area contributed by atoms with Gasteiger partial charge in [-0.25, -0.2) is 0 Å². The van der Waals surface area contributed by atoms with Crippen molar-refractivity contribution in [1.29, 1.82) is 10.5 Å². The van der Waals surface area contributed by atoms with Crippen LogP contribution in [0.25, 0.3) is 65.3 Å². The van der Waals surface area contributed by atoms with Gasteiger partial charge < -0.3 is 0 Å². The first-order valence-corrected chi connectivity index (χ1v) is 13.2. The number of nitrogens with zero attached hydrogens (tertiary/aromatic N) is 6. The maximum Gasteiger partial charge on any atom is 0.433 e. The lowest BCUT2D eigenvalue weighted by molar-refractivity contribution is -0.141. The van der Waals surface area contributed by atoms with Crippen molar-refractivity contribution in [2.24, 2.45) is 9.98 Å². The number of fused-ring (bicyclic) bond motifs is 6. The van der Waals surface area contributed by atoms with Crippen LogP contribution in [0, 0.1) is 29.8 Å². The van der Waals surface area contributed by atoms with Crippen LogP contribution in [-0.2, 0) is 6.18 Å². The van der Waals surface area contributed by atoms with Gasteiger partial charge in [-0.3, -0.25) is 9.97 Å². The van der Waals surface area contributed by atoms with Gasteiger partial charge in [0.15, 0.2) is 0 Å². The van der Waals surface area contributed by atoms with E-state index in [9.17, 15) is 23.7 Å². The van der Waals surface area contributed by atoms with Gasteiger partial charge in [0.05, 0.1) is 10.7 Å². The molecule has 7 rings (SSSR count). The largest absolute Gasteiger partial charge is 0.433 e. The minimum absolute atomic E-state index is 0.464. The third kappa shape index (κ3) is 4.18. The summed E-state index contributed by atoms with van der Waals surface area (Å²) in [6, 6.07) is 21.7. The van der Waals surface area contributed by atoms with Crippen molar-refractivity contribution in [3.05, 3.63) is 107 Å². The zero-order valence-corrected chi connectivity index (χ0v) is 22.4. The molecule has 2 aromatic heterocycles. The lowest BCUT2D eigenvalue weighted by atomic mass is 10.0. The summed E-state index contributed by atoms with van der Waals surface area (Å²) in [4.78, 5) is 16.3. The summed E-state index contributed by atoms with van der Waals surface area (Å²) in [7, 11) is 0. The van der Waals surface area contributed by atoms with E-state index in [2.05, 4.69) is 20.0 Å². The van der Waals surface area contributed by atoms with Gasteiger partial charge in [-0.05, 0) is 76.0 Å². The molecule has 0 aliphatic rings. The molecule has 0 aliphatic carbocycles. The topological polar surface area (TPSA) is 98.1 Å². The van der Waals surface area contributed by atoms with Gasteiger partial charge in [-0.2, -0.15) is 33.7 Å². The number of benzene rings is 3. The van der Waals surface area contributed by atoms with Crippen molar-refractivity contribution in [2.45, 2.75) is 13.1 Å². The van der Waals surface area contributed by atoms with Gasteiger partial charge in [0.25, 0.3) is 0 Å². The molecule has 0 saturated heterocycles. The fourth-order valence-electron chi connectivity index (χ4n) is 5.75. The van der Waals surface area contributed by atoms with E-state index in [-0.39, 0.29) is 0 Å². The van der Waals surface area contributed by atoms with Gasteiger partial charge >= 0.3 is 6.18 Å². The highest BCUT2D eigenvalue weighted by Crippen LogP contribution is 2.35. The maximum atomic E-state index is 13.0. The van der Waals surface area contributed by atoms with E-state index < -0.39 is 11.9 Å². The van der Waals surface area contributed by atoms with Crippen LogP contribution < -0.4 is 10.7 Å². The molecule has 0 unspecified atom stereocenters. The molecule has 2 heterocycles. The SMILES string of the molecule is Cc1ccc(-c2ccc3c(c2)/c(=N\C#N)c2cc4c(cc23)/c(=N/C#N)c2cc(-c3ccc(C(F)(F)F)nc3)ccc24)cn1. The van der Waals surface area contributed by atoms with E-state index in [1.54, 1.807) is 12.1 Å². The fraction of sp³-hybridized carbons (Fsp3) is 0.0588. The van der Waals surface area contributed by atoms with E-state index in [0.717, 1.165) is 60.6 Å². The van der Waals surface area contributed by atoms with Crippen molar-refractivity contribution < 1.29 is 13.2 Å². The van der Waals surface area contributed by atoms with Crippen LogP contribution in [-0.4, -0.2) is 9.97 Å². The molecule has 5 aromatic carbocycles. The molecule has 9 heteroatoms. The van der Waals surface area contributed by atoms with Gasteiger partial charge in [0.1, 0.15) is 5.69 Å². The second kappa shape index (κ2) is 9.57. The van der Waals surface area contributed by atoms with Crippen LogP contribution in [0.5, 0.6) is 0 Å². The lowest BCUT2D eigenvalue weighted by Gasteiger charge is -2.07. The predicted octanol–water partition coefficient (Wildman–Crippen LogP) is 7.39. The minimum Gasteiger partial charge on any atom is -0.261 e. The summed E-state index contributed by atoms with van der Waals surface area (Å²) < 4.78 is 39.1. The molecule has 204 valence electrons. The lowest BCUT2D eigenvalue weighted by Crippen LogP contribution is -2.07. The van der Waals surface area contributed by atoms with Gasteiger partial charge in [-0.15, -0.1) is 0 Å². The van der Waals surface area contributed by atoms with Crippen molar-refractivity contribution in [2.75, 3.05) is 0 Å². The number of halogens is 3. The van der Waals surface area contributed by atoms with Crippen LogP contribution in [0.4, 0.5) is 13.2 Å². The number of hydrogen-bond acceptors (Lipinski definition) is 6. The third-order valence-corrected chi connectivity index (χ3v) is 7.75. The monoisotopic (exact) mass is 566 g/mol. The van der Waals surface area contributed by atoms with E-state index in [1.807, 2.05) is 74.0 Å². The number of aromatic nitrogens is 2. The summed E-state index contributed by atoms with van der Waals surface area (Å²) in [5.41, 5.74) is 2.98. The number of aryl methyl sites for hydroxylation is 1. The number of pyridine rings is 2. The summed E-state index contributed by atoms with van der Waals surface area (Å²) in [5.74, 6) is 0. The molecule has 0 spiro atoms. The zero-order chi connectivity index (χ0) is 29.9. The summed E-state index contributed by atoms with van der Waals surface area (Å²) >= 11 is 0. The van der Waals surface area contributed by atoms with E-state index in [1.165, 1.54) is 12.3 Å². The molecule has 0 aliphatic heterocycles. The molecule has 0 radical (unpaired) electrons. The molecule has 0 saturated carbocycles. The molecule has 43 heavy (non-hydrogen) atoms. The zero-order valence-electron chi connectivity index (χ0n) is 22.4. The van der Waals surface area contributed by atoms with Crippen molar-refractivity contribution in [3.8, 4) is 34.6 Å². The normalized spacial score (nSPS) is 12.9. The quantitative estimate of drug-likeness (QED) is 0.204. The Morgan fingerprint density at radius 3 is 1.44 bits per heavy atom. The summed E-state index contributed by atoms with van der Waals surface area (Å²) in [6.07, 6.45) is 2.31.